The number of rotatable bonds is 4. The Hall–Kier alpha value is -2.63. The SMILES string of the molecule is O=C(Nc1cc(Cl)ccc1Cl)c1ccc(=O)n(Cc2ccc(F)cc2)c1. The normalized spacial score (nSPS) is 10.6. The number of nitrogens with one attached hydrogen (secondary N) is 1. The third-order valence-corrected chi connectivity index (χ3v) is 4.25. The van der Waals surface area contributed by atoms with Crippen molar-refractivity contribution < 1.29 is 9.18 Å². The highest BCUT2D eigenvalue weighted by molar-refractivity contribution is 6.35. The summed E-state index contributed by atoms with van der Waals surface area (Å²) in [7, 11) is 0. The van der Waals surface area contributed by atoms with E-state index in [9.17, 15) is 14.0 Å². The van der Waals surface area contributed by atoms with E-state index in [-0.39, 0.29) is 23.5 Å². The molecule has 26 heavy (non-hydrogen) atoms. The smallest absolute Gasteiger partial charge is 0.257 e. The van der Waals surface area contributed by atoms with Gasteiger partial charge in [-0.2, -0.15) is 0 Å². The van der Waals surface area contributed by atoms with Crippen molar-refractivity contribution in [1.82, 2.24) is 4.57 Å². The van der Waals surface area contributed by atoms with Crippen LogP contribution < -0.4 is 10.9 Å². The number of carbonyl (C=O) groups is 1. The maximum Gasteiger partial charge on any atom is 0.257 e. The molecular formula is C19H13Cl2FN2O2. The molecule has 0 bridgehead atoms. The van der Waals surface area contributed by atoms with Crippen LogP contribution in [0.3, 0.4) is 0 Å². The van der Waals surface area contributed by atoms with E-state index in [0.717, 1.165) is 5.56 Å². The van der Waals surface area contributed by atoms with Crippen LogP contribution in [-0.2, 0) is 6.54 Å². The van der Waals surface area contributed by atoms with Crippen molar-refractivity contribution in [1.29, 1.82) is 0 Å². The minimum atomic E-state index is -0.429. The third kappa shape index (κ3) is 4.31. The molecule has 0 aliphatic rings. The number of pyridine rings is 1. The molecular weight excluding hydrogens is 378 g/mol. The minimum absolute atomic E-state index is 0.220. The Morgan fingerprint density at radius 2 is 1.77 bits per heavy atom. The van der Waals surface area contributed by atoms with Gasteiger partial charge < -0.3 is 9.88 Å². The number of aromatic nitrogens is 1. The Labute approximate surface area is 158 Å². The number of benzene rings is 2. The second kappa shape index (κ2) is 7.72. The second-order valence-corrected chi connectivity index (χ2v) is 6.43. The second-order valence-electron chi connectivity index (χ2n) is 5.59. The molecule has 1 aromatic heterocycles. The maximum atomic E-state index is 13.0. The molecule has 0 aliphatic carbocycles. The summed E-state index contributed by atoms with van der Waals surface area (Å²) >= 11 is 12.0. The van der Waals surface area contributed by atoms with E-state index in [4.69, 9.17) is 23.2 Å². The molecule has 7 heteroatoms. The summed E-state index contributed by atoms with van der Waals surface area (Å²) in [5.41, 5.74) is 1.12. The lowest BCUT2D eigenvalue weighted by Gasteiger charge is -2.10. The largest absolute Gasteiger partial charge is 0.321 e. The van der Waals surface area contributed by atoms with E-state index in [1.54, 1.807) is 24.3 Å². The first-order valence-electron chi connectivity index (χ1n) is 7.64. The lowest BCUT2D eigenvalue weighted by atomic mass is 10.2. The fourth-order valence-corrected chi connectivity index (χ4v) is 2.70. The minimum Gasteiger partial charge on any atom is -0.321 e. The number of halogens is 3. The number of anilines is 1. The zero-order valence-electron chi connectivity index (χ0n) is 13.4. The molecule has 2 aromatic carbocycles. The van der Waals surface area contributed by atoms with E-state index < -0.39 is 5.91 Å². The summed E-state index contributed by atoms with van der Waals surface area (Å²) in [6.07, 6.45) is 1.44. The summed E-state index contributed by atoms with van der Waals surface area (Å²) in [6, 6.07) is 13.3. The van der Waals surface area contributed by atoms with E-state index in [1.807, 2.05) is 0 Å². The summed E-state index contributed by atoms with van der Waals surface area (Å²) in [5.74, 6) is -0.783. The van der Waals surface area contributed by atoms with Gasteiger partial charge in [0.05, 0.1) is 22.8 Å². The molecule has 0 saturated carbocycles. The van der Waals surface area contributed by atoms with Gasteiger partial charge in [0.2, 0.25) is 0 Å². The van der Waals surface area contributed by atoms with Gasteiger partial charge in [0, 0.05) is 17.3 Å². The first-order valence-corrected chi connectivity index (χ1v) is 8.39. The van der Waals surface area contributed by atoms with Crippen LogP contribution in [0.4, 0.5) is 10.1 Å². The molecule has 1 amide bonds. The molecule has 132 valence electrons. The van der Waals surface area contributed by atoms with Gasteiger partial charge >= 0.3 is 0 Å². The maximum absolute atomic E-state index is 13.0. The molecule has 1 N–H and O–H groups in total. The van der Waals surface area contributed by atoms with Crippen LogP contribution in [0.15, 0.2) is 65.6 Å². The van der Waals surface area contributed by atoms with Crippen molar-refractivity contribution in [2.75, 3.05) is 5.32 Å². The molecule has 0 unspecified atom stereocenters. The highest BCUT2D eigenvalue weighted by atomic mass is 35.5. The van der Waals surface area contributed by atoms with Crippen LogP contribution in [0, 0.1) is 5.82 Å². The first-order chi connectivity index (χ1) is 12.4. The Kier molecular flexibility index (Phi) is 5.40. The van der Waals surface area contributed by atoms with Crippen molar-refractivity contribution in [3.05, 3.63) is 98.1 Å². The van der Waals surface area contributed by atoms with Crippen molar-refractivity contribution in [3.63, 3.8) is 0 Å². The van der Waals surface area contributed by atoms with Gasteiger partial charge in [-0.3, -0.25) is 9.59 Å². The van der Waals surface area contributed by atoms with Crippen molar-refractivity contribution >= 4 is 34.8 Å². The number of amides is 1. The summed E-state index contributed by atoms with van der Waals surface area (Å²) < 4.78 is 14.4. The first kappa shape index (κ1) is 18.2. The highest BCUT2D eigenvalue weighted by Crippen LogP contribution is 2.25. The van der Waals surface area contributed by atoms with Crippen molar-refractivity contribution in [3.8, 4) is 0 Å². The predicted molar refractivity (Wildman–Crippen MR) is 101 cm³/mol. The fraction of sp³-hybridized carbons (Fsp3) is 0.0526. The Balaban J connectivity index is 1.84. The monoisotopic (exact) mass is 390 g/mol. The summed E-state index contributed by atoms with van der Waals surface area (Å²) in [4.78, 5) is 24.5. The number of hydrogen-bond donors (Lipinski definition) is 1. The average molecular weight is 391 g/mol. The highest BCUT2D eigenvalue weighted by Gasteiger charge is 2.11. The fourth-order valence-electron chi connectivity index (χ4n) is 2.36. The van der Waals surface area contributed by atoms with Gasteiger partial charge in [-0.1, -0.05) is 35.3 Å². The van der Waals surface area contributed by atoms with E-state index in [0.29, 0.717) is 15.7 Å². The molecule has 3 rings (SSSR count). The van der Waals surface area contributed by atoms with Crippen LogP contribution in [0.5, 0.6) is 0 Å². The lowest BCUT2D eigenvalue weighted by molar-refractivity contribution is 0.102. The topological polar surface area (TPSA) is 51.1 Å². The number of carbonyl (C=O) groups excluding carboxylic acids is 1. The van der Waals surface area contributed by atoms with Crippen LogP contribution >= 0.6 is 23.2 Å². The molecule has 0 saturated heterocycles. The molecule has 0 fully saturated rings. The van der Waals surface area contributed by atoms with Gasteiger partial charge in [0.15, 0.2) is 0 Å². The summed E-state index contributed by atoms with van der Waals surface area (Å²) in [5, 5.41) is 3.45. The van der Waals surface area contributed by atoms with E-state index in [2.05, 4.69) is 5.32 Å². The molecule has 0 radical (unpaired) electrons. The van der Waals surface area contributed by atoms with Crippen LogP contribution in [0.2, 0.25) is 10.0 Å². The van der Waals surface area contributed by atoms with Gasteiger partial charge in [-0.05, 0) is 42.0 Å². The van der Waals surface area contributed by atoms with Crippen LogP contribution in [0.1, 0.15) is 15.9 Å². The van der Waals surface area contributed by atoms with Crippen molar-refractivity contribution in [2.24, 2.45) is 0 Å². The van der Waals surface area contributed by atoms with Gasteiger partial charge in [-0.15, -0.1) is 0 Å². The van der Waals surface area contributed by atoms with Gasteiger partial charge in [-0.25, -0.2) is 4.39 Å². The Bertz CT molecular complexity index is 1020. The van der Waals surface area contributed by atoms with Crippen LogP contribution in [0.25, 0.3) is 0 Å². The Morgan fingerprint density at radius 3 is 2.50 bits per heavy atom. The molecule has 0 atom stereocenters. The zero-order chi connectivity index (χ0) is 18.7. The molecule has 1 heterocycles. The molecule has 3 aromatic rings. The molecule has 0 spiro atoms. The standard InChI is InChI=1S/C19H13Cl2FN2O2/c20-14-4-7-16(21)17(9-14)23-19(26)13-3-8-18(25)24(11-13)10-12-1-5-15(22)6-2-12/h1-9,11H,10H2,(H,23,26). The predicted octanol–water partition coefficient (Wildman–Crippen LogP) is 4.59. The average Bonchev–Trinajstić information content (AvgIpc) is 2.62. The third-order valence-electron chi connectivity index (χ3n) is 3.69. The zero-order valence-corrected chi connectivity index (χ0v) is 14.9. The summed E-state index contributed by atoms with van der Waals surface area (Å²) in [6.45, 7) is 0.220. The number of nitrogens with zero attached hydrogens (tertiary/aromatic N) is 1. The van der Waals surface area contributed by atoms with Crippen molar-refractivity contribution in [2.45, 2.75) is 6.54 Å². The van der Waals surface area contributed by atoms with Gasteiger partial charge in [0.25, 0.3) is 11.5 Å². The van der Waals surface area contributed by atoms with Crippen LogP contribution in [-0.4, -0.2) is 10.5 Å². The quantitative estimate of drug-likeness (QED) is 0.707. The number of hydrogen-bond acceptors (Lipinski definition) is 2. The molecule has 0 aliphatic heterocycles. The lowest BCUT2D eigenvalue weighted by Crippen LogP contribution is -2.22. The Morgan fingerprint density at radius 1 is 1.04 bits per heavy atom. The van der Waals surface area contributed by atoms with E-state index in [1.165, 1.54) is 41.1 Å². The van der Waals surface area contributed by atoms with E-state index >= 15 is 0 Å². The molecule has 4 nitrogen and oxygen atoms in total. The van der Waals surface area contributed by atoms with Gasteiger partial charge in [0.1, 0.15) is 5.82 Å².